The Morgan fingerprint density at radius 1 is 1.36 bits per heavy atom. The first kappa shape index (κ1) is 14.2. The maximum Gasteiger partial charge on any atom is 0.238 e. The van der Waals surface area contributed by atoms with Crippen LogP contribution in [0.25, 0.3) is 0 Å². The largest absolute Gasteiger partial charge is 0.423 e. The van der Waals surface area contributed by atoms with E-state index in [2.05, 4.69) is 27.5 Å². The molecule has 2 aliphatic carbocycles. The molecule has 2 heterocycles. The molecule has 1 aromatic heterocycles. The molecule has 1 aromatic rings. The van der Waals surface area contributed by atoms with Crippen LogP contribution in [0.1, 0.15) is 69.2 Å². The standard InChI is InChI=1S/C16H24N4O2/c1-10(14-18-19-15(22-14)11-3-4-11)17-13(21)12-5-8-20(2)16(9-12)6-7-16/h10-12H,3-9H2,1-2H3,(H,17,21)/t10-,12-/m0/s1. The second-order valence-electron chi connectivity index (χ2n) is 7.32. The fourth-order valence-corrected chi connectivity index (χ4v) is 3.57. The lowest BCUT2D eigenvalue weighted by Gasteiger charge is -2.37. The first-order valence-electron chi connectivity index (χ1n) is 8.42. The van der Waals surface area contributed by atoms with Gasteiger partial charge in [-0.05, 0) is 59.0 Å². The summed E-state index contributed by atoms with van der Waals surface area (Å²) in [6.45, 7) is 2.93. The van der Waals surface area contributed by atoms with E-state index in [1.54, 1.807) is 0 Å². The minimum absolute atomic E-state index is 0.118. The van der Waals surface area contributed by atoms with Gasteiger partial charge in [0.2, 0.25) is 17.7 Å². The van der Waals surface area contributed by atoms with Gasteiger partial charge in [-0.25, -0.2) is 0 Å². The molecule has 120 valence electrons. The van der Waals surface area contributed by atoms with Crippen LogP contribution in [0.5, 0.6) is 0 Å². The third-order valence-electron chi connectivity index (χ3n) is 5.56. The molecule has 4 rings (SSSR count). The van der Waals surface area contributed by atoms with Gasteiger partial charge in [-0.3, -0.25) is 4.79 Å². The van der Waals surface area contributed by atoms with E-state index in [0.29, 0.717) is 17.3 Å². The Kier molecular flexibility index (Phi) is 3.25. The van der Waals surface area contributed by atoms with Gasteiger partial charge in [-0.15, -0.1) is 10.2 Å². The Balaban J connectivity index is 1.36. The van der Waals surface area contributed by atoms with Crippen LogP contribution in [0, 0.1) is 5.92 Å². The highest BCUT2D eigenvalue weighted by Gasteiger charge is 2.51. The molecule has 1 spiro atoms. The molecule has 1 amide bonds. The topological polar surface area (TPSA) is 71.3 Å². The summed E-state index contributed by atoms with van der Waals surface area (Å²) in [6.07, 6.45) is 6.67. The molecule has 2 atom stereocenters. The van der Waals surface area contributed by atoms with Crippen LogP contribution in [0.15, 0.2) is 4.42 Å². The smallest absolute Gasteiger partial charge is 0.238 e. The van der Waals surface area contributed by atoms with Crippen LogP contribution in [-0.2, 0) is 4.79 Å². The monoisotopic (exact) mass is 304 g/mol. The lowest BCUT2D eigenvalue weighted by Crippen LogP contribution is -2.46. The van der Waals surface area contributed by atoms with E-state index in [1.807, 2.05) is 6.92 Å². The Hall–Kier alpha value is -1.43. The van der Waals surface area contributed by atoms with Gasteiger partial charge in [-0.1, -0.05) is 0 Å². The van der Waals surface area contributed by atoms with Crippen molar-refractivity contribution in [3.63, 3.8) is 0 Å². The quantitative estimate of drug-likeness (QED) is 0.921. The maximum absolute atomic E-state index is 12.5. The normalized spacial score (nSPS) is 28.5. The molecule has 0 radical (unpaired) electrons. The van der Waals surface area contributed by atoms with Crippen molar-refractivity contribution >= 4 is 5.91 Å². The van der Waals surface area contributed by atoms with Crippen molar-refractivity contribution in [3.05, 3.63) is 11.8 Å². The predicted octanol–water partition coefficient (Wildman–Crippen LogP) is 2.00. The molecule has 3 fully saturated rings. The van der Waals surface area contributed by atoms with Crippen molar-refractivity contribution in [1.29, 1.82) is 0 Å². The number of amides is 1. The van der Waals surface area contributed by atoms with Gasteiger partial charge in [0.05, 0.1) is 0 Å². The highest BCUT2D eigenvalue weighted by Crippen LogP contribution is 2.49. The first-order chi connectivity index (χ1) is 10.6. The number of carbonyl (C=O) groups excluding carboxylic acids is 1. The number of hydrogen-bond acceptors (Lipinski definition) is 5. The van der Waals surface area contributed by atoms with E-state index in [9.17, 15) is 4.79 Å². The van der Waals surface area contributed by atoms with E-state index in [0.717, 1.165) is 38.1 Å². The third-order valence-corrected chi connectivity index (χ3v) is 5.56. The first-order valence-corrected chi connectivity index (χ1v) is 8.42. The van der Waals surface area contributed by atoms with Crippen molar-refractivity contribution in [3.8, 4) is 0 Å². The molecule has 22 heavy (non-hydrogen) atoms. The van der Waals surface area contributed by atoms with E-state index < -0.39 is 0 Å². The molecule has 3 aliphatic rings. The Labute approximate surface area is 130 Å². The van der Waals surface area contributed by atoms with Crippen LogP contribution in [-0.4, -0.2) is 40.1 Å². The van der Waals surface area contributed by atoms with Crippen molar-refractivity contribution in [2.45, 2.75) is 62.9 Å². The lowest BCUT2D eigenvalue weighted by molar-refractivity contribution is -0.128. The number of piperidine rings is 1. The van der Waals surface area contributed by atoms with Crippen molar-refractivity contribution in [1.82, 2.24) is 20.4 Å². The average molecular weight is 304 g/mol. The molecule has 1 aliphatic heterocycles. The highest BCUT2D eigenvalue weighted by atomic mass is 16.4. The Morgan fingerprint density at radius 2 is 2.14 bits per heavy atom. The minimum atomic E-state index is -0.206. The summed E-state index contributed by atoms with van der Waals surface area (Å²) in [5.74, 6) is 1.97. The number of nitrogens with zero attached hydrogens (tertiary/aromatic N) is 3. The average Bonchev–Trinajstić information content (AvgIpc) is 3.43. The van der Waals surface area contributed by atoms with Gasteiger partial charge in [0.25, 0.3) is 0 Å². The maximum atomic E-state index is 12.5. The van der Waals surface area contributed by atoms with E-state index in [-0.39, 0.29) is 17.9 Å². The third kappa shape index (κ3) is 2.53. The summed E-state index contributed by atoms with van der Waals surface area (Å²) in [7, 11) is 2.18. The molecule has 0 bridgehead atoms. The molecule has 0 aromatic carbocycles. The Bertz CT molecular complexity index is 576. The zero-order valence-corrected chi connectivity index (χ0v) is 13.3. The molecule has 1 saturated heterocycles. The van der Waals surface area contributed by atoms with Crippen molar-refractivity contribution in [2.75, 3.05) is 13.6 Å². The highest BCUT2D eigenvalue weighted by molar-refractivity contribution is 5.79. The van der Waals surface area contributed by atoms with Crippen LogP contribution in [0.4, 0.5) is 0 Å². The molecular formula is C16H24N4O2. The van der Waals surface area contributed by atoms with Gasteiger partial charge in [0.15, 0.2) is 0 Å². The molecule has 2 saturated carbocycles. The van der Waals surface area contributed by atoms with Gasteiger partial charge in [-0.2, -0.15) is 0 Å². The van der Waals surface area contributed by atoms with Crippen LogP contribution in [0.3, 0.4) is 0 Å². The molecule has 1 N–H and O–H groups in total. The molecule has 0 unspecified atom stereocenters. The summed E-state index contributed by atoms with van der Waals surface area (Å²) in [5, 5.41) is 11.2. The summed E-state index contributed by atoms with van der Waals surface area (Å²) in [5.41, 5.74) is 0.313. The van der Waals surface area contributed by atoms with Gasteiger partial charge < -0.3 is 14.6 Å². The zero-order chi connectivity index (χ0) is 15.3. The summed E-state index contributed by atoms with van der Waals surface area (Å²) >= 11 is 0. The number of rotatable bonds is 4. The van der Waals surface area contributed by atoms with Gasteiger partial charge in [0.1, 0.15) is 6.04 Å². The van der Waals surface area contributed by atoms with Crippen LogP contribution >= 0.6 is 0 Å². The predicted molar refractivity (Wildman–Crippen MR) is 80.1 cm³/mol. The summed E-state index contributed by atoms with van der Waals surface area (Å²) in [6, 6.07) is -0.206. The summed E-state index contributed by atoms with van der Waals surface area (Å²) in [4.78, 5) is 15.0. The molecular weight excluding hydrogens is 280 g/mol. The number of likely N-dealkylation sites (tertiary alicyclic amines) is 1. The van der Waals surface area contributed by atoms with Crippen LogP contribution in [0.2, 0.25) is 0 Å². The number of hydrogen-bond donors (Lipinski definition) is 1. The minimum Gasteiger partial charge on any atom is -0.423 e. The van der Waals surface area contributed by atoms with Gasteiger partial charge >= 0.3 is 0 Å². The lowest BCUT2D eigenvalue weighted by atomic mass is 9.88. The number of nitrogens with one attached hydrogen (secondary N) is 1. The number of aromatic nitrogens is 2. The van der Waals surface area contributed by atoms with Crippen LogP contribution < -0.4 is 5.32 Å². The second-order valence-corrected chi connectivity index (χ2v) is 7.32. The molecule has 6 heteroatoms. The van der Waals surface area contributed by atoms with E-state index in [1.165, 1.54) is 12.8 Å². The fourth-order valence-electron chi connectivity index (χ4n) is 3.57. The zero-order valence-electron chi connectivity index (χ0n) is 13.3. The second kappa shape index (κ2) is 5.05. The van der Waals surface area contributed by atoms with Crippen molar-refractivity contribution in [2.24, 2.45) is 5.92 Å². The molecule has 6 nitrogen and oxygen atoms in total. The van der Waals surface area contributed by atoms with Gasteiger partial charge in [0, 0.05) is 17.4 Å². The Morgan fingerprint density at radius 3 is 2.82 bits per heavy atom. The fraction of sp³-hybridized carbons (Fsp3) is 0.812. The number of carbonyl (C=O) groups is 1. The summed E-state index contributed by atoms with van der Waals surface area (Å²) < 4.78 is 5.68. The van der Waals surface area contributed by atoms with Crippen molar-refractivity contribution < 1.29 is 9.21 Å². The van der Waals surface area contributed by atoms with E-state index >= 15 is 0 Å². The van der Waals surface area contributed by atoms with E-state index in [4.69, 9.17) is 4.42 Å². The SMILES string of the molecule is C[C@H](NC(=O)[C@H]1CCN(C)C2(CC2)C1)c1nnc(C2CC2)o1.